The average molecular weight is 418 g/mol. The van der Waals surface area contributed by atoms with Crippen LogP contribution in [0.15, 0.2) is 41.3 Å². The molecule has 2 aromatic carbocycles. The molecule has 1 aliphatic rings. The van der Waals surface area contributed by atoms with Crippen LogP contribution in [0.4, 0.5) is 13.2 Å². The molecule has 0 fully saturated rings. The Labute approximate surface area is 157 Å². The van der Waals surface area contributed by atoms with Crippen molar-refractivity contribution in [3.63, 3.8) is 0 Å². The molecule has 1 heterocycles. The van der Waals surface area contributed by atoms with Gasteiger partial charge >= 0.3 is 6.36 Å². The van der Waals surface area contributed by atoms with Crippen LogP contribution in [0, 0.1) is 0 Å². The van der Waals surface area contributed by atoms with Crippen LogP contribution in [0.5, 0.6) is 17.2 Å². The second-order valence-corrected chi connectivity index (χ2v) is 7.35. The summed E-state index contributed by atoms with van der Waals surface area (Å²) in [4.78, 5) is 11.0. The van der Waals surface area contributed by atoms with E-state index in [1.165, 1.54) is 0 Å². The average Bonchev–Trinajstić information content (AvgIpc) is 3.06. The summed E-state index contributed by atoms with van der Waals surface area (Å²) in [6.45, 7) is -0.0710. The third kappa shape index (κ3) is 4.46. The highest BCUT2D eigenvalue weighted by Crippen LogP contribution is 2.32. The maximum atomic E-state index is 12.4. The molecule has 0 radical (unpaired) electrons. The SMILES string of the molecule is NC(=O)c1cc(S(=O)(=O)NCc2ccc3c(c2)OCO3)ccc1OC(F)(F)F. The number of hydrogen-bond acceptors (Lipinski definition) is 6. The first-order chi connectivity index (χ1) is 13.0. The molecule has 1 aliphatic heterocycles. The summed E-state index contributed by atoms with van der Waals surface area (Å²) >= 11 is 0. The van der Waals surface area contributed by atoms with E-state index in [2.05, 4.69) is 9.46 Å². The van der Waals surface area contributed by atoms with E-state index in [1.54, 1.807) is 18.2 Å². The second kappa shape index (κ2) is 7.20. The molecule has 0 atom stereocenters. The van der Waals surface area contributed by atoms with E-state index in [0.717, 1.165) is 6.07 Å². The van der Waals surface area contributed by atoms with Gasteiger partial charge < -0.3 is 19.9 Å². The number of carbonyl (C=O) groups is 1. The van der Waals surface area contributed by atoms with Gasteiger partial charge in [-0.05, 0) is 35.9 Å². The molecule has 3 rings (SSSR count). The molecule has 3 N–H and O–H groups in total. The summed E-state index contributed by atoms with van der Waals surface area (Å²) in [5.41, 5.74) is 4.87. The van der Waals surface area contributed by atoms with Gasteiger partial charge in [-0.15, -0.1) is 13.2 Å². The minimum absolute atomic E-state index is 0.0623. The minimum atomic E-state index is -5.07. The summed E-state index contributed by atoms with van der Waals surface area (Å²) in [6, 6.07) is 7.11. The third-order valence-electron chi connectivity index (χ3n) is 3.66. The molecule has 8 nitrogen and oxygen atoms in total. The van der Waals surface area contributed by atoms with Crippen molar-refractivity contribution in [3.8, 4) is 17.2 Å². The van der Waals surface area contributed by atoms with Crippen LogP contribution in [0.1, 0.15) is 15.9 Å². The van der Waals surface area contributed by atoms with Crippen molar-refractivity contribution >= 4 is 15.9 Å². The van der Waals surface area contributed by atoms with E-state index in [4.69, 9.17) is 15.2 Å². The Morgan fingerprint density at radius 2 is 1.86 bits per heavy atom. The van der Waals surface area contributed by atoms with Crippen LogP contribution in [0.2, 0.25) is 0 Å². The molecule has 0 saturated heterocycles. The molecule has 0 spiro atoms. The van der Waals surface area contributed by atoms with Gasteiger partial charge in [0.25, 0.3) is 5.91 Å². The van der Waals surface area contributed by atoms with Crippen LogP contribution < -0.4 is 24.7 Å². The van der Waals surface area contributed by atoms with E-state index >= 15 is 0 Å². The standard InChI is InChI=1S/C16H13F3N2O6S/c17-16(18,19)27-12-4-2-10(6-11(12)15(20)22)28(23,24)21-7-9-1-3-13-14(5-9)26-8-25-13/h1-6,21H,7-8H2,(H2,20,22). The predicted octanol–water partition coefficient (Wildman–Crippen LogP) is 1.89. The van der Waals surface area contributed by atoms with Crippen LogP contribution in [-0.2, 0) is 16.6 Å². The zero-order chi connectivity index (χ0) is 20.5. The lowest BCUT2D eigenvalue weighted by atomic mass is 10.2. The van der Waals surface area contributed by atoms with Crippen LogP contribution in [-0.4, -0.2) is 27.5 Å². The number of sulfonamides is 1. The first-order valence-corrected chi connectivity index (χ1v) is 9.11. The van der Waals surface area contributed by atoms with Gasteiger partial charge in [0.1, 0.15) is 5.75 Å². The number of hydrogen-bond donors (Lipinski definition) is 2. The Balaban J connectivity index is 1.81. The highest BCUT2D eigenvalue weighted by molar-refractivity contribution is 7.89. The lowest BCUT2D eigenvalue weighted by Gasteiger charge is -2.13. The molecular formula is C16H13F3N2O6S. The topological polar surface area (TPSA) is 117 Å². The summed E-state index contributed by atoms with van der Waals surface area (Å²) in [6.07, 6.45) is -5.07. The number of rotatable bonds is 6. The van der Waals surface area contributed by atoms with Crippen LogP contribution >= 0.6 is 0 Å². The first kappa shape index (κ1) is 19.8. The van der Waals surface area contributed by atoms with Crippen LogP contribution in [0.3, 0.4) is 0 Å². The smallest absolute Gasteiger partial charge is 0.454 e. The summed E-state index contributed by atoms with van der Waals surface area (Å²) in [5.74, 6) is -1.18. The number of fused-ring (bicyclic) bond motifs is 1. The van der Waals surface area contributed by atoms with Crippen molar-refractivity contribution in [2.75, 3.05) is 6.79 Å². The lowest BCUT2D eigenvalue weighted by Crippen LogP contribution is -2.25. The normalized spacial score (nSPS) is 13.4. The Morgan fingerprint density at radius 3 is 2.54 bits per heavy atom. The molecule has 0 aromatic heterocycles. The van der Waals surface area contributed by atoms with E-state index in [0.29, 0.717) is 29.2 Å². The van der Waals surface area contributed by atoms with E-state index in [1.807, 2.05) is 0 Å². The molecule has 0 aliphatic carbocycles. The Morgan fingerprint density at radius 1 is 1.14 bits per heavy atom. The molecule has 0 unspecified atom stereocenters. The molecule has 1 amide bonds. The second-order valence-electron chi connectivity index (χ2n) is 5.58. The lowest BCUT2D eigenvalue weighted by molar-refractivity contribution is -0.274. The number of ether oxygens (including phenoxy) is 3. The number of carbonyl (C=O) groups excluding carboxylic acids is 1. The Bertz CT molecular complexity index is 1020. The van der Waals surface area contributed by atoms with Gasteiger partial charge in [-0.2, -0.15) is 0 Å². The van der Waals surface area contributed by atoms with Gasteiger partial charge in [0.05, 0.1) is 10.5 Å². The number of amides is 1. The fourth-order valence-corrected chi connectivity index (χ4v) is 3.44. The van der Waals surface area contributed by atoms with Crippen molar-refractivity contribution in [2.24, 2.45) is 5.73 Å². The number of nitrogens with two attached hydrogens (primary N) is 1. The van der Waals surface area contributed by atoms with E-state index in [9.17, 15) is 26.4 Å². The van der Waals surface area contributed by atoms with Crippen molar-refractivity contribution in [1.82, 2.24) is 4.72 Å². The minimum Gasteiger partial charge on any atom is -0.454 e. The molecule has 28 heavy (non-hydrogen) atoms. The fraction of sp³-hybridized carbons (Fsp3) is 0.188. The van der Waals surface area contributed by atoms with E-state index < -0.39 is 38.5 Å². The number of nitrogens with one attached hydrogen (secondary N) is 1. The van der Waals surface area contributed by atoms with Gasteiger partial charge in [-0.3, -0.25) is 4.79 Å². The van der Waals surface area contributed by atoms with Crippen molar-refractivity contribution in [2.45, 2.75) is 17.8 Å². The third-order valence-corrected chi connectivity index (χ3v) is 5.05. The van der Waals surface area contributed by atoms with Gasteiger partial charge in [0.2, 0.25) is 16.8 Å². The molecule has 12 heteroatoms. The number of primary amides is 1. The van der Waals surface area contributed by atoms with Crippen molar-refractivity contribution < 1.29 is 40.6 Å². The number of halogens is 3. The molecule has 0 bridgehead atoms. The van der Waals surface area contributed by atoms with Gasteiger partial charge in [0.15, 0.2) is 11.5 Å². The fourth-order valence-electron chi connectivity index (χ4n) is 2.40. The zero-order valence-electron chi connectivity index (χ0n) is 13.9. The highest BCUT2D eigenvalue weighted by Gasteiger charge is 2.33. The molecular weight excluding hydrogens is 405 g/mol. The zero-order valence-corrected chi connectivity index (χ0v) is 14.8. The summed E-state index contributed by atoms with van der Waals surface area (Å²) < 4.78 is 78.4. The summed E-state index contributed by atoms with van der Waals surface area (Å²) in [5, 5.41) is 0. The molecule has 2 aromatic rings. The van der Waals surface area contributed by atoms with Gasteiger partial charge in [-0.25, -0.2) is 13.1 Å². The Hall–Kier alpha value is -2.99. The largest absolute Gasteiger partial charge is 0.573 e. The van der Waals surface area contributed by atoms with Gasteiger partial charge in [-0.1, -0.05) is 6.07 Å². The monoisotopic (exact) mass is 418 g/mol. The van der Waals surface area contributed by atoms with Crippen LogP contribution in [0.25, 0.3) is 0 Å². The molecule has 150 valence electrons. The quantitative estimate of drug-likeness (QED) is 0.740. The van der Waals surface area contributed by atoms with E-state index in [-0.39, 0.29) is 13.3 Å². The predicted molar refractivity (Wildman–Crippen MR) is 88.2 cm³/mol. The summed E-state index contributed by atoms with van der Waals surface area (Å²) in [7, 11) is -4.16. The highest BCUT2D eigenvalue weighted by atomic mass is 32.2. The maximum absolute atomic E-state index is 12.4. The van der Waals surface area contributed by atoms with Crippen molar-refractivity contribution in [1.29, 1.82) is 0 Å². The number of benzene rings is 2. The Kier molecular flexibility index (Phi) is 5.08. The number of alkyl halides is 3. The van der Waals surface area contributed by atoms with Crippen molar-refractivity contribution in [3.05, 3.63) is 47.5 Å². The molecule has 0 saturated carbocycles. The van der Waals surface area contributed by atoms with Gasteiger partial charge in [0, 0.05) is 6.54 Å². The first-order valence-electron chi connectivity index (χ1n) is 7.63. The maximum Gasteiger partial charge on any atom is 0.573 e.